The number of nitrogens with one attached hydrogen (secondary N) is 1. The molecule has 1 fully saturated rings. The number of hydrogen-bond acceptors (Lipinski definition) is 8. The molecule has 1 aromatic heterocycles. The van der Waals surface area contributed by atoms with Crippen molar-refractivity contribution in [2.45, 2.75) is 31.5 Å². The fraction of sp³-hybridized carbons (Fsp3) is 0.333. The number of carbonyl (C=O) groups excluding carboxylic acids is 2. The molecule has 1 aromatic carbocycles. The molecule has 1 aliphatic heterocycles. The second-order valence-corrected chi connectivity index (χ2v) is 6.36. The van der Waals surface area contributed by atoms with Crippen LogP contribution in [0.1, 0.15) is 33.9 Å². The SMILES string of the molecule is COC(=O)c1ccc(C(=O)Nc2nc(=O)n([C@@H]3O[C@H](C)[C@@H](O)[C@H]3O)cc2F)cc1. The summed E-state index contributed by atoms with van der Waals surface area (Å²) in [6.45, 7) is 1.49. The van der Waals surface area contributed by atoms with Gasteiger partial charge >= 0.3 is 11.7 Å². The zero-order chi connectivity index (χ0) is 21.3. The van der Waals surface area contributed by atoms with E-state index in [9.17, 15) is 29.0 Å². The number of halogens is 1. The Morgan fingerprint density at radius 3 is 2.38 bits per heavy atom. The molecule has 0 unspecified atom stereocenters. The number of aromatic nitrogens is 2. The van der Waals surface area contributed by atoms with E-state index < -0.39 is 53.7 Å². The van der Waals surface area contributed by atoms with E-state index in [1.807, 2.05) is 0 Å². The number of benzene rings is 1. The molecule has 1 amide bonds. The van der Waals surface area contributed by atoms with Crippen LogP contribution in [0.5, 0.6) is 0 Å². The van der Waals surface area contributed by atoms with Crippen molar-refractivity contribution in [3.8, 4) is 0 Å². The summed E-state index contributed by atoms with van der Waals surface area (Å²) in [5, 5.41) is 21.9. The van der Waals surface area contributed by atoms with Crippen molar-refractivity contribution in [2.75, 3.05) is 12.4 Å². The normalized spacial score (nSPS) is 23.6. The van der Waals surface area contributed by atoms with Gasteiger partial charge < -0.3 is 25.0 Å². The van der Waals surface area contributed by atoms with E-state index >= 15 is 0 Å². The highest BCUT2D eigenvalue weighted by molar-refractivity contribution is 6.04. The average molecular weight is 407 g/mol. The van der Waals surface area contributed by atoms with E-state index in [2.05, 4.69) is 15.0 Å². The highest BCUT2D eigenvalue weighted by atomic mass is 19.1. The van der Waals surface area contributed by atoms with Gasteiger partial charge in [-0.05, 0) is 31.2 Å². The lowest BCUT2D eigenvalue weighted by Gasteiger charge is -2.17. The van der Waals surface area contributed by atoms with E-state index in [1.54, 1.807) is 0 Å². The summed E-state index contributed by atoms with van der Waals surface area (Å²) in [4.78, 5) is 39.4. The lowest BCUT2D eigenvalue weighted by Crippen LogP contribution is -2.36. The molecule has 10 nitrogen and oxygen atoms in total. The Hall–Kier alpha value is -3.15. The standard InChI is InChI=1S/C18H18FN3O7/c1-8-12(23)13(24)16(29-8)22-7-11(19)14(21-18(22)27)20-15(25)9-3-5-10(6-4-9)17(26)28-2/h3-8,12-13,16,23-24H,1-2H3,(H,20,21,25,27)/t8-,12-,13-,16-/m1/s1. The van der Waals surface area contributed by atoms with Crippen LogP contribution in [-0.2, 0) is 9.47 Å². The Labute approximate surface area is 163 Å². The number of hydrogen-bond donors (Lipinski definition) is 3. The molecule has 0 saturated carbocycles. The lowest BCUT2D eigenvalue weighted by atomic mass is 10.1. The van der Waals surface area contributed by atoms with Crippen LogP contribution >= 0.6 is 0 Å². The van der Waals surface area contributed by atoms with Gasteiger partial charge in [0, 0.05) is 5.56 Å². The van der Waals surface area contributed by atoms with Crippen LogP contribution in [0.2, 0.25) is 0 Å². The number of carbonyl (C=O) groups is 2. The number of anilines is 1. The molecule has 3 N–H and O–H groups in total. The minimum absolute atomic E-state index is 0.0922. The third-order valence-corrected chi connectivity index (χ3v) is 4.46. The van der Waals surface area contributed by atoms with Crippen LogP contribution in [-0.4, -0.2) is 57.1 Å². The van der Waals surface area contributed by atoms with Gasteiger partial charge in [-0.25, -0.2) is 14.0 Å². The van der Waals surface area contributed by atoms with E-state index in [1.165, 1.54) is 38.3 Å². The maximum Gasteiger partial charge on any atom is 0.351 e. The molecule has 4 atom stereocenters. The minimum Gasteiger partial charge on any atom is -0.465 e. The summed E-state index contributed by atoms with van der Waals surface area (Å²) in [7, 11) is 1.22. The van der Waals surface area contributed by atoms with E-state index in [0.717, 1.165) is 6.20 Å². The zero-order valence-electron chi connectivity index (χ0n) is 15.4. The molecule has 154 valence electrons. The Morgan fingerprint density at radius 1 is 1.21 bits per heavy atom. The van der Waals surface area contributed by atoms with Crippen LogP contribution < -0.4 is 11.0 Å². The first-order valence-corrected chi connectivity index (χ1v) is 8.53. The average Bonchev–Trinajstić information content (AvgIpc) is 2.97. The third-order valence-electron chi connectivity index (χ3n) is 4.46. The minimum atomic E-state index is -1.45. The van der Waals surface area contributed by atoms with Crippen LogP contribution in [0.3, 0.4) is 0 Å². The monoisotopic (exact) mass is 407 g/mol. The summed E-state index contributed by atoms with van der Waals surface area (Å²) >= 11 is 0. The summed E-state index contributed by atoms with van der Waals surface area (Å²) in [5.74, 6) is -3.00. The van der Waals surface area contributed by atoms with Crippen LogP contribution in [0.25, 0.3) is 0 Å². The molecule has 1 aliphatic rings. The number of esters is 1. The second kappa shape index (κ2) is 8.07. The third kappa shape index (κ3) is 4.01. The lowest BCUT2D eigenvalue weighted by molar-refractivity contribution is -0.0355. The number of aliphatic hydroxyl groups is 2. The first-order valence-electron chi connectivity index (χ1n) is 8.53. The fourth-order valence-electron chi connectivity index (χ4n) is 2.83. The fourth-order valence-corrected chi connectivity index (χ4v) is 2.83. The van der Waals surface area contributed by atoms with Gasteiger partial charge in [-0.15, -0.1) is 0 Å². The summed E-state index contributed by atoms with van der Waals surface area (Å²) < 4.78 is 24.9. The molecule has 0 radical (unpaired) electrons. The summed E-state index contributed by atoms with van der Waals surface area (Å²) in [6, 6.07) is 5.36. The van der Waals surface area contributed by atoms with Crippen molar-refractivity contribution in [2.24, 2.45) is 0 Å². The van der Waals surface area contributed by atoms with Gasteiger partial charge in [0.05, 0.1) is 25.0 Å². The smallest absolute Gasteiger partial charge is 0.351 e. The van der Waals surface area contributed by atoms with Crippen molar-refractivity contribution in [3.63, 3.8) is 0 Å². The van der Waals surface area contributed by atoms with Crippen molar-refractivity contribution in [1.82, 2.24) is 9.55 Å². The van der Waals surface area contributed by atoms with Gasteiger partial charge in [-0.1, -0.05) is 0 Å². The maximum atomic E-state index is 14.4. The Morgan fingerprint density at radius 2 is 1.83 bits per heavy atom. The predicted molar refractivity (Wildman–Crippen MR) is 95.8 cm³/mol. The molecule has 0 spiro atoms. The van der Waals surface area contributed by atoms with Gasteiger partial charge in [-0.2, -0.15) is 4.98 Å². The Bertz CT molecular complexity index is 992. The molecule has 2 heterocycles. The Balaban J connectivity index is 1.80. The predicted octanol–water partition coefficient (Wildman–Crippen LogP) is 0.0604. The first kappa shape index (κ1) is 20.6. The molecular weight excluding hydrogens is 389 g/mol. The van der Waals surface area contributed by atoms with Gasteiger partial charge in [0.25, 0.3) is 5.91 Å². The number of ether oxygens (including phenoxy) is 2. The number of amides is 1. The van der Waals surface area contributed by atoms with Crippen LogP contribution in [0.15, 0.2) is 35.3 Å². The molecule has 3 rings (SSSR count). The maximum absolute atomic E-state index is 14.4. The van der Waals surface area contributed by atoms with Gasteiger partial charge in [-0.3, -0.25) is 9.36 Å². The van der Waals surface area contributed by atoms with Crippen LogP contribution in [0.4, 0.5) is 10.2 Å². The van der Waals surface area contributed by atoms with Gasteiger partial charge in [0.15, 0.2) is 17.9 Å². The molecular formula is C18H18FN3O7. The molecule has 0 aliphatic carbocycles. The Kier molecular flexibility index (Phi) is 5.73. The zero-order valence-corrected chi connectivity index (χ0v) is 15.4. The summed E-state index contributed by atoms with van der Waals surface area (Å²) in [6.07, 6.45) is -4.05. The number of rotatable bonds is 4. The molecule has 29 heavy (non-hydrogen) atoms. The highest BCUT2D eigenvalue weighted by Gasteiger charge is 2.42. The molecule has 2 aromatic rings. The highest BCUT2D eigenvalue weighted by Crippen LogP contribution is 2.28. The topological polar surface area (TPSA) is 140 Å². The van der Waals surface area contributed by atoms with Crippen molar-refractivity contribution in [3.05, 3.63) is 57.9 Å². The van der Waals surface area contributed by atoms with Crippen molar-refractivity contribution < 1.29 is 33.7 Å². The second-order valence-electron chi connectivity index (χ2n) is 6.36. The van der Waals surface area contributed by atoms with E-state index in [4.69, 9.17) is 4.74 Å². The molecule has 11 heteroatoms. The molecule has 1 saturated heterocycles. The van der Waals surface area contributed by atoms with Gasteiger partial charge in [0.1, 0.15) is 12.2 Å². The van der Waals surface area contributed by atoms with Crippen LogP contribution in [0, 0.1) is 5.82 Å². The van der Waals surface area contributed by atoms with Crippen molar-refractivity contribution in [1.29, 1.82) is 0 Å². The molecule has 0 bridgehead atoms. The van der Waals surface area contributed by atoms with Gasteiger partial charge in [0.2, 0.25) is 0 Å². The first-order chi connectivity index (χ1) is 13.7. The van der Waals surface area contributed by atoms with E-state index in [-0.39, 0.29) is 11.1 Å². The number of nitrogens with zero attached hydrogens (tertiary/aromatic N) is 2. The number of methoxy groups -OCH3 is 1. The quantitative estimate of drug-likeness (QED) is 0.605. The van der Waals surface area contributed by atoms with Crippen molar-refractivity contribution >= 4 is 17.7 Å². The summed E-state index contributed by atoms with van der Waals surface area (Å²) in [5.41, 5.74) is -0.676. The largest absolute Gasteiger partial charge is 0.465 e. The number of aliphatic hydroxyl groups excluding tert-OH is 2. The van der Waals surface area contributed by atoms with E-state index in [0.29, 0.717) is 4.57 Å².